The van der Waals surface area contributed by atoms with Gasteiger partial charge in [-0.2, -0.15) is 9.65 Å². The number of rotatable bonds is 6. The zero-order valence-electron chi connectivity index (χ0n) is 17.2. The van der Waals surface area contributed by atoms with Crippen LogP contribution < -0.4 is 9.47 Å². The summed E-state index contributed by atoms with van der Waals surface area (Å²) in [5.74, 6) is -3.72. The maximum Gasteiger partial charge on any atom is 0.343 e. The number of ether oxygens (including phenoxy) is 2. The molecule has 3 rings (SSSR count). The van der Waals surface area contributed by atoms with Crippen LogP contribution in [0.2, 0.25) is 0 Å². The van der Waals surface area contributed by atoms with Crippen molar-refractivity contribution in [2.45, 2.75) is 45.4 Å². The van der Waals surface area contributed by atoms with Crippen LogP contribution in [0.25, 0.3) is 0 Å². The summed E-state index contributed by atoms with van der Waals surface area (Å²) in [4.78, 5) is 24.6. The normalized spacial score (nSPS) is 18.1. The topological polar surface area (TPSA) is 76.4 Å². The summed E-state index contributed by atoms with van der Waals surface area (Å²) in [7, 11) is 0. The molecule has 0 heterocycles. The van der Waals surface area contributed by atoms with Gasteiger partial charge in [-0.1, -0.05) is 19.8 Å². The molecule has 31 heavy (non-hydrogen) atoms. The highest BCUT2D eigenvalue weighted by Gasteiger charge is 2.27. The van der Waals surface area contributed by atoms with Gasteiger partial charge in [0.2, 0.25) is 5.82 Å². The molecule has 0 aliphatic heterocycles. The van der Waals surface area contributed by atoms with Gasteiger partial charge >= 0.3 is 11.9 Å². The van der Waals surface area contributed by atoms with E-state index >= 15 is 0 Å². The smallest absolute Gasteiger partial charge is 0.343 e. The average molecular weight is 427 g/mol. The number of hydrogen-bond donors (Lipinski definition) is 0. The van der Waals surface area contributed by atoms with Crippen molar-refractivity contribution in [1.29, 1.82) is 5.26 Å². The molecule has 5 nitrogen and oxygen atoms in total. The Kier molecular flexibility index (Phi) is 7.35. The van der Waals surface area contributed by atoms with Gasteiger partial charge in [-0.25, -0.2) is 9.18 Å². The molecule has 2 aromatic rings. The minimum atomic E-state index is -1.41. The van der Waals surface area contributed by atoms with Crippen molar-refractivity contribution >= 4 is 11.9 Å². The van der Waals surface area contributed by atoms with Crippen LogP contribution in [0, 0.1) is 34.8 Å². The van der Waals surface area contributed by atoms with Crippen molar-refractivity contribution < 1.29 is 27.8 Å². The average Bonchev–Trinajstić information content (AvgIpc) is 2.78. The molecule has 1 saturated carbocycles. The Morgan fingerprint density at radius 2 is 1.68 bits per heavy atom. The molecule has 0 spiro atoms. The predicted octanol–water partition coefficient (Wildman–Crippen LogP) is 5.57. The van der Waals surface area contributed by atoms with E-state index in [4.69, 9.17) is 14.7 Å². The van der Waals surface area contributed by atoms with Crippen LogP contribution in [0.5, 0.6) is 11.5 Å². The Bertz CT molecular complexity index is 990. The van der Waals surface area contributed by atoms with Crippen molar-refractivity contribution in [1.82, 2.24) is 0 Å². The van der Waals surface area contributed by atoms with E-state index < -0.39 is 28.9 Å². The third-order valence-corrected chi connectivity index (χ3v) is 5.56. The first-order chi connectivity index (χ1) is 14.9. The number of carbonyl (C=O) groups is 2. The van der Waals surface area contributed by atoms with Gasteiger partial charge in [-0.15, -0.1) is 0 Å². The molecule has 0 atom stereocenters. The highest BCUT2D eigenvalue weighted by Crippen LogP contribution is 2.32. The molecule has 1 aliphatic rings. The Balaban J connectivity index is 1.58. The highest BCUT2D eigenvalue weighted by molar-refractivity contribution is 5.91. The lowest BCUT2D eigenvalue weighted by Crippen LogP contribution is -2.25. The van der Waals surface area contributed by atoms with Gasteiger partial charge in [0, 0.05) is 0 Å². The fourth-order valence-electron chi connectivity index (χ4n) is 3.81. The summed E-state index contributed by atoms with van der Waals surface area (Å²) in [6.45, 7) is 2.17. The zero-order chi connectivity index (χ0) is 22.4. The van der Waals surface area contributed by atoms with E-state index in [1.807, 2.05) is 0 Å². The Labute approximate surface area is 179 Å². The van der Waals surface area contributed by atoms with Crippen molar-refractivity contribution in [3.8, 4) is 17.6 Å². The van der Waals surface area contributed by atoms with Crippen LogP contribution in [-0.2, 0) is 4.79 Å². The highest BCUT2D eigenvalue weighted by atomic mass is 19.2. The first-order valence-corrected chi connectivity index (χ1v) is 10.3. The number of halogens is 2. The molecule has 0 aromatic heterocycles. The predicted molar refractivity (Wildman–Crippen MR) is 108 cm³/mol. The summed E-state index contributed by atoms with van der Waals surface area (Å²) in [6, 6.07) is 9.20. The third-order valence-electron chi connectivity index (χ3n) is 5.56. The molecule has 0 bridgehead atoms. The van der Waals surface area contributed by atoms with Crippen LogP contribution in [0.3, 0.4) is 0 Å². The fraction of sp³-hybridized carbons (Fsp3) is 0.375. The maximum atomic E-state index is 13.9. The summed E-state index contributed by atoms with van der Waals surface area (Å²) in [5, 5.41) is 8.70. The van der Waals surface area contributed by atoms with Crippen molar-refractivity contribution in [3.63, 3.8) is 0 Å². The lowest BCUT2D eigenvalue weighted by Gasteiger charge is -2.26. The molecule has 0 N–H and O–H groups in total. The lowest BCUT2D eigenvalue weighted by molar-refractivity contribution is -0.140. The molecule has 0 radical (unpaired) electrons. The Hall–Kier alpha value is -3.27. The standard InChI is InChI=1S/C24H23F2NO4/c1-2-3-15-4-6-16(7-5-15)23(28)30-19-11-8-17(9-12-19)24(29)31-20-13-10-18(14-27)21(25)22(20)26/h8-13,15-16H,2-7H2,1H3. The maximum absolute atomic E-state index is 13.9. The van der Waals surface area contributed by atoms with Gasteiger partial charge in [0.15, 0.2) is 11.6 Å². The monoisotopic (exact) mass is 427 g/mol. The SMILES string of the molecule is CCCC1CCC(C(=O)Oc2ccc(C(=O)Oc3ccc(C#N)c(F)c3F)cc2)CC1. The molecule has 2 aromatic carbocycles. The molecule has 7 heteroatoms. The van der Waals surface area contributed by atoms with E-state index in [-0.39, 0.29) is 17.5 Å². The minimum absolute atomic E-state index is 0.0732. The third kappa shape index (κ3) is 5.46. The van der Waals surface area contributed by atoms with Crippen LogP contribution in [0.4, 0.5) is 8.78 Å². The zero-order valence-corrected chi connectivity index (χ0v) is 17.2. The van der Waals surface area contributed by atoms with Gasteiger partial charge in [0.1, 0.15) is 11.8 Å². The second kappa shape index (κ2) is 10.2. The van der Waals surface area contributed by atoms with E-state index in [1.54, 1.807) is 0 Å². The van der Waals surface area contributed by atoms with Crippen LogP contribution in [0.15, 0.2) is 36.4 Å². The van der Waals surface area contributed by atoms with Crippen molar-refractivity contribution in [3.05, 3.63) is 59.2 Å². The summed E-state index contributed by atoms with van der Waals surface area (Å²) in [5.41, 5.74) is -0.411. The Morgan fingerprint density at radius 3 is 2.29 bits per heavy atom. The molecule has 0 saturated heterocycles. The second-order valence-corrected chi connectivity index (χ2v) is 7.69. The molecule has 162 valence electrons. The second-order valence-electron chi connectivity index (χ2n) is 7.69. The van der Waals surface area contributed by atoms with E-state index in [2.05, 4.69) is 6.92 Å². The summed E-state index contributed by atoms with van der Waals surface area (Å²) < 4.78 is 37.9. The minimum Gasteiger partial charge on any atom is -0.426 e. The van der Waals surface area contributed by atoms with Crippen LogP contribution >= 0.6 is 0 Å². The van der Waals surface area contributed by atoms with E-state index in [9.17, 15) is 18.4 Å². The Morgan fingerprint density at radius 1 is 1.00 bits per heavy atom. The molecular formula is C24H23F2NO4. The van der Waals surface area contributed by atoms with Gasteiger partial charge in [0.25, 0.3) is 0 Å². The van der Waals surface area contributed by atoms with E-state index in [0.29, 0.717) is 11.7 Å². The van der Waals surface area contributed by atoms with Crippen LogP contribution in [0.1, 0.15) is 61.4 Å². The first-order valence-electron chi connectivity index (χ1n) is 10.3. The summed E-state index contributed by atoms with van der Waals surface area (Å²) >= 11 is 0. The van der Waals surface area contributed by atoms with Gasteiger partial charge in [-0.05, 0) is 68.0 Å². The number of nitriles is 1. The largest absolute Gasteiger partial charge is 0.426 e. The molecular weight excluding hydrogens is 404 g/mol. The fourth-order valence-corrected chi connectivity index (χ4v) is 3.81. The lowest BCUT2D eigenvalue weighted by atomic mass is 9.80. The number of carbonyl (C=O) groups excluding carboxylic acids is 2. The first kappa shape index (κ1) is 22.4. The van der Waals surface area contributed by atoms with Gasteiger partial charge in [0.05, 0.1) is 17.0 Å². The van der Waals surface area contributed by atoms with Gasteiger partial charge in [-0.3, -0.25) is 4.79 Å². The molecule has 0 unspecified atom stereocenters. The van der Waals surface area contributed by atoms with E-state index in [1.165, 1.54) is 36.8 Å². The number of esters is 2. The molecule has 1 fully saturated rings. The van der Waals surface area contributed by atoms with Gasteiger partial charge < -0.3 is 9.47 Å². The van der Waals surface area contributed by atoms with Crippen molar-refractivity contribution in [2.75, 3.05) is 0 Å². The van der Waals surface area contributed by atoms with Crippen molar-refractivity contribution in [2.24, 2.45) is 11.8 Å². The summed E-state index contributed by atoms with van der Waals surface area (Å²) in [6.07, 6.45) is 6.05. The molecule has 1 aliphatic carbocycles. The van der Waals surface area contributed by atoms with Crippen LogP contribution in [-0.4, -0.2) is 11.9 Å². The number of hydrogen-bond acceptors (Lipinski definition) is 5. The molecule has 0 amide bonds. The van der Waals surface area contributed by atoms with E-state index in [0.717, 1.165) is 44.2 Å². The number of benzene rings is 2. The number of nitrogens with zero attached hydrogens (tertiary/aromatic N) is 1. The quantitative estimate of drug-likeness (QED) is 0.445.